The second-order valence-corrected chi connectivity index (χ2v) is 5.58. The maximum Gasteiger partial charge on any atom is 0.211 e. The Hall–Kier alpha value is -0.130. The average molecular weight is 221 g/mol. The molecule has 14 heavy (non-hydrogen) atoms. The van der Waals surface area contributed by atoms with Gasteiger partial charge in [0.25, 0.3) is 0 Å². The molecule has 5 heteroatoms. The van der Waals surface area contributed by atoms with Gasteiger partial charge in [-0.25, -0.2) is 13.1 Å². The maximum atomic E-state index is 11.4. The Kier molecular flexibility index (Phi) is 4.84. The van der Waals surface area contributed by atoms with Crippen LogP contribution < -0.4 is 4.72 Å². The van der Waals surface area contributed by atoms with E-state index in [1.807, 2.05) is 6.92 Å². The van der Waals surface area contributed by atoms with Crippen LogP contribution in [0.1, 0.15) is 32.6 Å². The van der Waals surface area contributed by atoms with E-state index in [0.717, 1.165) is 32.3 Å². The van der Waals surface area contributed by atoms with Crippen LogP contribution in [0.3, 0.4) is 0 Å². The molecule has 1 N–H and O–H groups in total. The van der Waals surface area contributed by atoms with Crippen LogP contribution in [0.2, 0.25) is 0 Å². The van der Waals surface area contributed by atoms with Crippen molar-refractivity contribution in [2.24, 2.45) is 0 Å². The molecule has 1 atom stereocenters. The van der Waals surface area contributed by atoms with Gasteiger partial charge in [0.2, 0.25) is 10.0 Å². The summed E-state index contributed by atoms with van der Waals surface area (Å²) >= 11 is 0. The highest BCUT2D eigenvalue weighted by Crippen LogP contribution is 2.10. The first-order valence-electron chi connectivity index (χ1n) is 5.23. The minimum Gasteiger partial charge on any atom is -0.377 e. The van der Waals surface area contributed by atoms with Crippen LogP contribution in [-0.2, 0) is 14.8 Å². The van der Waals surface area contributed by atoms with E-state index in [1.54, 1.807) is 0 Å². The van der Waals surface area contributed by atoms with Crippen molar-refractivity contribution in [1.82, 2.24) is 4.72 Å². The highest BCUT2D eigenvalue weighted by Gasteiger charge is 2.18. The van der Waals surface area contributed by atoms with Crippen LogP contribution in [0.25, 0.3) is 0 Å². The third-order valence-electron chi connectivity index (χ3n) is 2.32. The molecule has 0 bridgehead atoms. The van der Waals surface area contributed by atoms with E-state index in [0.29, 0.717) is 6.54 Å². The van der Waals surface area contributed by atoms with Crippen LogP contribution in [0, 0.1) is 0 Å². The normalized spacial score (nSPS) is 22.8. The van der Waals surface area contributed by atoms with Crippen molar-refractivity contribution in [3.05, 3.63) is 0 Å². The van der Waals surface area contributed by atoms with Crippen LogP contribution in [-0.4, -0.2) is 33.4 Å². The molecule has 0 aliphatic carbocycles. The molecular formula is C9H19NO3S. The molecule has 0 saturated carbocycles. The van der Waals surface area contributed by atoms with Gasteiger partial charge >= 0.3 is 0 Å². The second kappa shape index (κ2) is 5.68. The summed E-state index contributed by atoms with van der Waals surface area (Å²) in [5.41, 5.74) is 0. The Labute approximate surface area is 86.1 Å². The second-order valence-electron chi connectivity index (χ2n) is 3.66. The number of ether oxygens (including phenoxy) is 1. The molecule has 0 aromatic rings. The quantitative estimate of drug-likeness (QED) is 0.724. The van der Waals surface area contributed by atoms with Gasteiger partial charge in [-0.15, -0.1) is 0 Å². The molecule has 0 radical (unpaired) electrons. The maximum absolute atomic E-state index is 11.4. The van der Waals surface area contributed by atoms with Crippen molar-refractivity contribution in [1.29, 1.82) is 0 Å². The van der Waals surface area contributed by atoms with Gasteiger partial charge in [-0.3, -0.25) is 0 Å². The lowest BCUT2D eigenvalue weighted by molar-refractivity contribution is 0.114. The first kappa shape index (κ1) is 11.9. The fourth-order valence-corrected chi connectivity index (χ4v) is 2.68. The Morgan fingerprint density at radius 1 is 1.50 bits per heavy atom. The summed E-state index contributed by atoms with van der Waals surface area (Å²) in [4.78, 5) is 0. The van der Waals surface area contributed by atoms with Crippen LogP contribution >= 0.6 is 0 Å². The third-order valence-corrected chi connectivity index (χ3v) is 3.75. The minimum atomic E-state index is -3.06. The molecule has 1 unspecified atom stereocenters. The summed E-state index contributed by atoms with van der Waals surface area (Å²) in [6.45, 7) is 3.18. The minimum absolute atomic E-state index is 0.0893. The lowest BCUT2D eigenvalue weighted by Gasteiger charge is -2.10. The lowest BCUT2D eigenvalue weighted by Crippen LogP contribution is -2.33. The summed E-state index contributed by atoms with van der Waals surface area (Å²) in [5, 5.41) is 0. The summed E-state index contributed by atoms with van der Waals surface area (Å²) in [7, 11) is -3.06. The van der Waals surface area contributed by atoms with E-state index < -0.39 is 10.0 Å². The summed E-state index contributed by atoms with van der Waals surface area (Å²) in [5.74, 6) is 0.232. The van der Waals surface area contributed by atoms with Crippen molar-refractivity contribution in [2.45, 2.75) is 38.7 Å². The predicted octanol–water partition coefficient (Wildman–Crippen LogP) is 0.885. The van der Waals surface area contributed by atoms with Gasteiger partial charge in [-0.1, -0.05) is 13.3 Å². The number of hydrogen-bond donors (Lipinski definition) is 1. The van der Waals surface area contributed by atoms with Crippen molar-refractivity contribution in [3.8, 4) is 0 Å². The summed E-state index contributed by atoms with van der Waals surface area (Å²) < 4.78 is 30.7. The molecule has 1 saturated heterocycles. The van der Waals surface area contributed by atoms with Gasteiger partial charge in [-0.2, -0.15) is 0 Å². The molecule has 1 rings (SSSR count). The van der Waals surface area contributed by atoms with Gasteiger partial charge in [-0.05, 0) is 19.3 Å². The van der Waals surface area contributed by atoms with Crippen molar-refractivity contribution >= 4 is 10.0 Å². The van der Waals surface area contributed by atoms with E-state index >= 15 is 0 Å². The molecular weight excluding hydrogens is 202 g/mol. The molecule has 0 aromatic heterocycles. The van der Waals surface area contributed by atoms with Gasteiger partial charge < -0.3 is 4.74 Å². The van der Waals surface area contributed by atoms with E-state index in [1.165, 1.54) is 0 Å². The molecule has 0 amide bonds. The smallest absolute Gasteiger partial charge is 0.211 e. The highest BCUT2D eigenvalue weighted by atomic mass is 32.2. The van der Waals surface area contributed by atoms with Crippen LogP contribution in [0.5, 0.6) is 0 Å². The van der Waals surface area contributed by atoms with Gasteiger partial charge in [0, 0.05) is 13.2 Å². The molecule has 84 valence electrons. The average Bonchev–Trinajstić information content (AvgIpc) is 2.64. The highest BCUT2D eigenvalue weighted by molar-refractivity contribution is 7.89. The monoisotopic (exact) mass is 221 g/mol. The number of unbranched alkanes of at least 4 members (excludes halogenated alkanes) is 1. The Morgan fingerprint density at radius 2 is 2.29 bits per heavy atom. The molecule has 1 aliphatic heterocycles. The lowest BCUT2D eigenvalue weighted by atomic mass is 10.2. The number of sulfonamides is 1. The van der Waals surface area contributed by atoms with Crippen molar-refractivity contribution in [2.75, 3.05) is 18.9 Å². The fourth-order valence-electron chi connectivity index (χ4n) is 1.43. The number of hydrogen-bond acceptors (Lipinski definition) is 3. The fraction of sp³-hybridized carbons (Fsp3) is 1.00. The third kappa shape index (κ3) is 4.39. The largest absolute Gasteiger partial charge is 0.377 e. The molecule has 0 aromatic carbocycles. The van der Waals surface area contributed by atoms with E-state index in [-0.39, 0.29) is 11.9 Å². The van der Waals surface area contributed by atoms with Crippen molar-refractivity contribution < 1.29 is 13.2 Å². The zero-order valence-corrected chi connectivity index (χ0v) is 9.48. The Balaban J connectivity index is 2.21. The number of rotatable bonds is 6. The summed E-state index contributed by atoms with van der Waals surface area (Å²) in [6, 6.07) is 0. The van der Waals surface area contributed by atoms with Gasteiger partial charge in [0.1, 0.15) is 0 Å². The molecule has 1 aliphatic rings. The zero-order chi connectivity index (χ0) is 10.4. The number of nitrogens with one attached hydrogen (secondary N) is 1. The van der Waals surface area contributed by atoms with Crippen LogP contribution in [0.15, 0.2) is 0 Å². The Morgan fingerprint density at radius 3 is 2.86 bits per heavy atom. The topological polar surface area (TPSA) is 55.4 Å². The molecule has 0 spiro atoms. The Bertz CT molecular complexity index is 245. The SMILES string of the molecule is CCCCS(=O)(=O)NCC1CCCO1. The standard InChI is InChI=1S/C9H19NO3S/c1-2-3-7-14(11,12)10-8-9-5-4-6-13-9/h9-10H,2-8H2,1H3. The molecule has 1 heterocycles. The van der Waals surface area contributed by atoms with Gasteiger partial charge in [0.05, 0.1) is 11.9 Å². The summed E-state index contributed by atoms with van der Waals surface area (Å²) in [6.07, 6.45) is 3.73. The van der Waals surface area contributed by atoms with E-state index in [2.05, 4.69) is 4.72 Å². The van der Waals surface area contributed by atoms with Crippen molar-refractivity contribution in [3.63, 3.8) is 0 Å². The zero-order valence-electron chi connectivity index (χ0n) is 8.66. The molecule has 4 nitrogen and oxygen atoms in total. The molecule has 1 fully saturated rings. The first-order valence-corrected chi connectivity index (χ1v) is 6.88. The van der Waals surface area contributed by atoms with Crippen LogP contribution in [0.4, 0.5) is 0 Å². The van der Waals surface area contributed by atoms with E-state index in [9.17, 15) is 8.42 Å². The predicted molar refractivity (Wildman–Crippen MR) is 55.7 cm³/mol. The van der Waals surface area contributed by atoms with Gasteiger partial charge in [0.15, 0.2) is 0 Å². The van der Waals surface area contributed by atoms with E-state index in [4.69, 9.17) is 4.74 Å². The first-order chi connectivity index (χ1) is 6.64.